The molecule has 2 aliphatic rings. The summed E-state index contributed by atoms with van der Waals surface area (Å²) < 4.78 is 0. The summed E-state index contributed by atoms with van der Waals surface area (Å²) >= 11 is 6.39. The summed E-state index contributed by atoms with van der Waals surface area (Å²) in [5.41, 5.74) is 0.792. The highest BCUT2D eigenvalue weighted by atomic mass is 35.5. The molecule has 0 bridgehead atoms. The van der Waals surface area contributed by atoms with Crippen molar-refractivity contribution in [2.45, 2.75) is 43.6 Å². The smallest absolute Gasteiger partial charge is 0.144 e. The van der Waals surface area contributed by atoms with Gasteiger partial charge in [0, 0.05) is 24.4 Å². The molecule has 0 spiro atoms. The Bertz CT molecular complexity index is 587. The van der Waals surface area contributed by atoms with E-state index in [-0.39, 0.29) is 12.0 Å². The van der Waals surface area contributed by atoms with Crippen LogP contribution in [0.1, 0.15) is 37.7 Å². The lowest BCUT2D eigenvalue weighted by molar-refractivity contribution is 0.0156. The van der Waals surface area contributed by atoms with E-state index >= 15 is 0 Å². The number of aliphatic hydroxyl groups excluding tert-OH is 1. The third kappa shape index (κ3) is 5.16. The average molecular weight is 381 g/mol. The number of aromatic nitrogens is 1. The van der Waals surface area contributed by atoms with Crippen LogP contribution in [0.2, 0.25) is 5.02 Å². The maximum atomic E-state index is 10.2. The molecule has 1 aromatic heterocycles. The monoisotopic (exact) mass is 380 g/mol. The van der Waals surface area contributed by atoms with Crippen molar-refractivity contribution in [2.75, 3.05) is 39.3 Å². The van der Waals surface area contributed by atoms with Gasteiger partial charge in [0.15, 0.2) is 0 Å². The number of β-amino-alcohol motifs (C(OH)–C–C–N with tert-alkyl or cyclic N) is 1. The lowest BCUT2D eigenvalue weighted by atomic mass is 9.74. The summed E-state index contributed by atoms with van der Waals surface area (Å²) in [5, 5.41) is 18.4. The van der Waals surface area contributed by atoms with Crippen LogP contribution in [0.25, 0.3) is 0 Å². The van der Waals surface area contributed by atoms with Gasteiger partial charge in [0.2, 0.25) is 0 Å². The molecule has 3 heterocycles. The molecule has 2 aliphatic heterocycles. The van der Waals surface area contributed by atoms with Crippen LogP contribution in [0.15, 0.2) is 23.6 Å². The topological polar surface area (TPSA) is 70.0 Å². The first-order chi connectivity index (χ1) is 12.7. The molecule has 2 saturated heterocycles. The molecule has 7 heteroatoms. The van der Waals surface area contributed by atoms with Gasteiger partial charge < -0.3 is 20.2 Å². The second-order valence-electron chi connectivity index (χ2n) is 7.31. The second kappa shape index (κ2) is 9.65. The van der Waals surface area contributed by atoms with Crippen molar-refractivity contribution in [3.05, 3.63) is 29.0 Å². The lowest BCUT2D eigenvalue weighted by Gasteiger charge is -2.35. The van der Waals surface area contributed by atoms with Gasteiger partial charge in [0.05, 0.1) is 11.2 Å². The highest BCUT2D eigenvalue weighted by Gasteiger charge is 2.34. The number of nitrogens with one attached hydrogen (secondary N) is 1. The van der Waals surface area contributed by atoms with Crippen molar-refractivity contribution in [1.82, 2.24) is 15.2 Å². The van der Waals surface area contributed by atoms with Gasteiger partial charge in [-0.3, -0.25) is 4.98 Å². The fraction of sp³-hybridized carbons (Fsp3) is 0.684. The number of hydrogen-bond donors (Lipinski definition) is 2. The molecule has 0 aliphatic carbocycles. The van der Waals surface area contributed by atoms with Gasteiger partial charge in [0.1, 0.15) is 12.7 Å². The fourth-order valence-electron chi connectivity index (χ4n) is 3.88. The molecule has 3 rings (SSSR count). The molecule has 144 valence electrons. The first-order valence-corrected chi connectivity index (χ1v) is 9.95. The third-order valence-corrected chi connectivity index (χ3v) is 5.66. The molecular formula is C19H29ClN4O2. The van der Waals surface area contributed by atoms with Crippen LogP contribution in [0.3, 0.4) is 0 Å². The van der Waals surface area contributed by atoms with Crippen molar-refractivity contribution in [1.29, 1.82) is 0 Å². The number of pyridine rings is 1. The van der Waals surface area contributed by atoms with Crippen LogP contribution in [0, 0.1) is 0 Å². The van der Waals surface area contributed by atoms with E-state index in [2.05, 4.69) is 20.4 Å². The van der Waals surface area contributed by atoms with Crippen molar-refractivity contribution < 1.29 is 9.94 Å². The Kier molecular flexibility index (Phi) is 7.25. The van der Waals surface area contributed by atoms with Crippen molar-refractivity contribution in [2.24, 2.45) is 5.16 Å². The third-order valence-electron chi connectivity index (χ3n) is 5.36. The van der Waals surface area contributed by atoms with Crippen molar-refractivity contribution in [3.8, 4) is 0 Å². The Hall–Kier alpha value is -1.21. The van der Waals surface area contributed by atoms with Gasteiger partial charge in [-0.15, -0.1) is 0 Å². The molecule has 6 nitrogen and oxygen atoms in total. The van der Waals surface area contributed by atoms with Crippen LogP contribution >= 0.6 is 11.6 Å². The van der Waals surface area contributed by atoms with Crippen LogP contribution in [-0.4, -0.2) is 66.6 Å². The minimum Gasteiger partial charge on any atom is -0.393 e. The predicted octanol–water partition coefficient (Wildman–Crippen LogP) is 2.21. The molecule has 0 radical (unpaired) electrons. The van der Waals surface area contributed by atoms with E-state index < -0.39 is 6.10 Å². The number of halogens is 1. The molecule has 26 heavy (non-hydrogen) atoms. The highest BCUT2D eigenvalue weighted by Crippen LogP contribution is 2.35. The van der Waals surface area contributed by atoms with Crippen molar-refractivity contribution in [3.63, 3.8) is 0 Å². The van der Waals surface area contributed by atoms with Gasteiger partial charge in [0.25, 0.3) is 0 Å². The van der Waals surface area contributed by atoms with E-state index in [1.165, 1.54) is 19.3 Å². The van der Waals surface area contributed by atoms with Gasteiger partial charge in [-0.25, -0.2) is 0 Å². The SMILES string of the molecule is OC(CO/N=C/C1(c2ccncc2Cl)CCNCC1)CN1CCCCC1. The molecule has 1 unspecified atom stereocenters. The van der Waals surface area contributed by atoms with Crippen LogP contribution < -0.4 is 5.32 Å². The number of aliphatic hydroxyl groups is 1. The number of oxime groups is 1. The highest BCUT2D eigenvalue weighted by molar-refractivity contribution is 6.31. The molecule has 1 aromatic rings. The summed E-state index contributed by atoms with van der Waals surface area (Å²) in [4.78, 5) is 11.8. The number of likely N-dealkylation sites (tertiary alicyclic amines) is 1. The van der Waals surface area contributed by atoms with Gasteiger partial charge >= 0.3 is 0 Å². The molecule has 0 saturated carbocycles. The van der Waals surface area contributed by atoms with E-state index in [1.54, 1.807) is 12.4 Å². The molecule has 0 aromatic carbocycles. The Morgan fingerprint density at radius 2 is 2.12 bits per heavy atom. The Balaban J connectivity index is 1.56. The summed E-state index contributed by atoms with van der Waals surface area (Å²) in [6.07, 6.45) is 10.3. The molecule has 0 amide bonds. The van der Waals surface area contributed by atoms with E-state index in [0.717, 1.165) is 44.6 Å². The standard InChI is InChI=1S/C19H29ClN4O2/c20-18-12-22-7-4-17(18)19(5-8-21-9-6-19)15-23-26-14-16(25)13-24-10-2-1-3-11-24/h4,7,12,15-16,21,25H,1-3,5-6,8-11,13-14H2/b23-15+. The van der Waals surface area contributed by atoms with E-state index in [4.69, 9.17) is 16.4 Å². The van der Waals surface area contributed by atoms with Crippen LogP contribution in [0.4, 0.5) is 0 Å². The maximum Gasteiger partial charge on any atom is 0.144 e. The fourth-order valence-corrected chi connectivity index (χ4v) is 4.19. The molecule has 1 atom stereocenters. The minimum atomic E-state index is -0.515. The Labute approximate surface area is 160 Å². The summed E-state index contributed by atoms with van der Waals surface area (Å²) in [7, 11) is 0. The minimum absolute atomic E-state index is 0.214. The van der Waals surface area contributed by atoms with Gasteiger partial charge in [-0.1, -0.05) is 23.2 Å². The summed E-state index contributed by atoms with van der Waals surface area (Å²) in [6, 6.07) is 1.96. The molecular weight excluding hydrogens is 352 g/mol. The zero-order chi connectivity index (χ0) is 18.2. The number of hydrogen-bond acceptors (Lipinski definition) is 6. The second-order valence-corrected chi connectivity index (χ2v) is 7.71. The first kappa shape index (κ1) is 19.5. The largest absolute Gasteiger partial charge is 0.393 e. The van der Waals surface area contributed by atoms with E-state index in [9.17, 15) is 5.11 Å². The van der Waals surface area contributed by atoms with E-state index in [1.807, 2.05) is 12.3 Å². The van der Waals surface area contributed by atoms with E-state index in [0.29, 0.717) is 11.6 Å². The van der Waals surface area contributed by atoms with Crippen LogP contribution in [0.5, 0.6) is 0 Å². The number of rotatable bonds is 7. The van der Waals surface area contributed by atoms with Crippen LogP contribution in [-0.2, 0) is 10.3 Å². The number of nitrogens with zero attached hydrogens (tertiary/aromatic N) is 3. The zero-order valence-corrected chi connectivity index (χ0v) is 16.0. The average Bonchev–Trinajstić information content (AvgIpc) is 2.67. The maximum absolute atomic E-state index is 10.2. The van der Waals surface area contributed by atoms with Crippen molar-refractivity contribution >= 4 is 17.8 Å². The zero-order valence-electron chi connectivity index (χ0n) is 15.2. The lowest BCUT2D eigenvalue weighted by Crippen LogP contribution is -2.41. The normalized spacial score (nSPS) is 22.4. The van der Waals surface area contributed by atoms with Gasteiger partial charge in [-0.05, 0) is 63.5 Å². The quantitative estimate of drug-likeness (QED) is 0.560. The summed E-state index contributed by atoms with van der Waals surface area (Å²) in [6.45, 7) is 4.81. The predicted molar refractivity (Wildman–Crippen MR) is 104 cm³/mol. The molecule has 2 N–H and O–H groups in total. The Morgan fingerprint density at radius 1 is 1.35 bits per heavy atom. The summed E-state index contributed by atoms with van der Waals surface area (Å²) in [5.74, 6) is 0. The molecule has 2 fully saturated rings. The first-order valence-electron chi connectivity index (χ1n) is 9.57. The number of piperidine rings is 2. The van der Waals surface area contributed by atoms with Gasteiger partial charge in [-0.2, -0.15) is 0 Å². The Morgan fingerprint density at radius 3 is 2.85 bits per heavy atom.